The number of nitrogens with zero attached hydrogens (tertiary/aromatic N) is 1. The summed E-state index contributed by atoms with van der Waals surface area (Å²) < 4.78 is 31.9. The van der Waals surface area contributed by atoms with E-state index in [1.165, 1.54) is 0 Å². The predicted octanol–water partition coefficient (Wildman–Crippen LogP) is 3.23. The van der Waals surface area contributed by atoms with E-state index in [0.717, 1.165) is 18.2 Å². The molecule has 0 unspecified atom stereocenters. The van der Waals surface area contributed by atoms with Gasteiger partial charge in [-0.3, -0.25) is 0 Å². The summed E-state index contributed by atoms with van der Waals surface area (Å²) in [5.74, 6) is -1.71. The summed E-state index contributed by atoms with van der Waals surface area (Å²) in [6.45, 7) is 5.05. The van der Waals surface area contributed by atoms with E-state index < -0.39 is 17.6 Å². The van der Waals surface area contributed by atoms with Crippen LogP contribution in [0.1, 0.15) is 30.0 Å². The third-order valence-corrected chi connectivity index (χ3v) is 2.60. The van der Waals surface area contributed by atoms with Crippen molar-refractivity contribution in [3.63, 3.8) is 0 Å². The number of hydrogen-bond donors (Lipinski definition) is 1. The molecule has 0 aliphatic carbocycles. The minimum atomic E-state index is -0.621. The summed E-state index contributed by atoms with van der Waals surface area (Å²) in [5.41, 5.74) is 0.475. The SMILES string of the molecule is Cc1[nH]c(-c2cc(F)ccc2F)nc1C(=O)OC(C)C. The summed E-state index contributed by atoms with van der Waals surface area (Å²) in [7, 11) is 0. The number of carbonyl (C=O) groups excluding carboxylic acids is 1. The minimum absolute atomic E-state index is 0.0308. The molecule has 6 heteroatoms. The number of rotatable bonds is 3. The Kier molecular flexibility index (Phi) is 3.83. The zero-order chi connectivity index (χ0) is 14.9. The fraction of sp³-hybridized carbons (Fsp3) is 0.286. The maximum atomic E-state index is 13.7. The maximum absolute atomic E-state index is 13.7. The standard InChI is InChI=1S/C14H14F2N2O2/c1-7(2)20-14(19)12-8(3)17-13(18-12)10-6-9(15)4-5-11(10)16/h4-7H,1-3H3,(H,17,18). The Balaban J connectivity index is 2.41. The second kappa shape index (κ2) is 5.40. The van der Waals surface area contributed by atoms with Gasteiger partial charge < -0.3 is 9.72 Å². The van der Waals surface area contributed by atoms with Gasteiger partial charge in [-0.05, 0) is 39.0 Å². The van der Waals surface area contributed by atoms with Crippen LogP contribution in [0.4, 0.5) is 8.78 Å². The number of ether oxygens (including phenoxy) is 1. The fourth-order valence-electron chi connectivity index (χ4n) is 1.74. The molecule has 0 amide bonds. The maximum Gasteiger partial charge on any atom is 0.359 e. The molecule has 0 radical (unpaired) electrons. The first kappa shape index (κ1) is 14.2. The van der Waals surface area contributed by atoms with Crippen LogP contribution in [0.2, 0.25) is 0 Å². The molecule has 0 saturated heterocycles. The number of aromatic amines is 1. The summed E-state index contributed by atoms with van der Waals surface area (Å²) in [6.07, 6.45) is -0.284. The van der Waals surface area contributed by atoms with Gasteiger partial charge in [0.05, 0.1) is 11.7 Å². The topological polar surface area (TPSA) is 55.0 Å². The number of esters is 1. The molecule has 4 nitrogen and oxygen atoms in total. The average Bonchev–Trinajstić information content (AvgIpc) is 2.73. The predicted molar refractivity (Wildman–Crippen MR) is 69.2 cm³/mol. The Bertz CT molecular complexity index is 651. The van der Waals surface area contributed by atoms with Gasteiger partial charge >= 0.3 is 5.97 Å². The molecule has 0 atom stereocenters. The van der Waals surface area contributed by atoms with Crippen LogP contribution in [0, 0.1) is 18.6 Å². The summed E-state index contributed by atoms with van der Waals surface area (Å²) in [5, 5.41) is 0. The molecule has 0 fully saturated rings. The van der Waals surface area contributed by atoms with Crippen LogP contribution in [-0.4, -0.2) is 22.0 Å². The van der Waals surface area contributed by atoms with Crippen LogP contribution in [0.15, 0.2) is 18.2 Å². The van der Waals surface area contributed by atoms with Crippen molar-refractivity contribution in [3.05, 3.63) is 41.2 Å². The molecule has 1 heterocycles. The number of carbonyl (C=O) groups is 1. The number of nitrogens with one attached hydrogen (secondary N) is 1. The normalized spacial score (nSPS) is 10.9. The molecule has 0 saturated carbocycles. The molecule has 1 N–H and O–H groups in total. The second-order valence-electron chi connectivity index (χ2n) is 4.64. The quantitative estimate of drug-likeness (QED) is 0.878. The molecule has 0 spiro atoms. The van der Waals surface area contributed by atoms with E-state index in [-0.39, 0.29) is 23.2 Å². The highest BCUT2D eigenvalue weighted by molar-refractivity contribution is 5.89. The van der Waals surface area contributed by atoms with Gasteiger partial charge in [-0.1, -0.05) is 0 Å². The smallest absolute Gasteiger partial charge is 0.359 e. The molecule has 20 heavy (non-hydrogen) atoms. The highest BCUT2D eigenvalue weighted by Crippen LogP contribution is 2.22. The average molecular weight is 280 g/mol. The largest absolute Gasteiger partial charge is 0.458 e. The first-order chi connectivity index (χ1) is 9.38. The molecule has 2 rings (SSSR count). The van der Waals surface area contributed by atoms with Crippen molar-refractivity contribution < 1.29 is 18.3 Å². The molecule has 0 aliphatic rings. The van der Waals surface area contributed by atoms with Crippen LogP contribution in [-0.2, 0) is 4.74 Å². The monoisotopic (exact) mass is 280 g/mol. The van der Waals surface area contributed by atoms with Crippen LogP contribution in [0.3, 0.4) is 0 Å². The van der Waals surface area contributed by atoms with Gasteiger partial charge in [-0.2, -0.15) is 0 Å². The molecule has 0 bridgehead atoms. The first-order valence-electron chi connectivity index (χ1n) is 6.11. The molecular weight excluding hydrogens is 266 g/mol. The van der Waals surface area contributed by atoms with Gasteiger partial charge in [0.1, 0.15) is 17.5 Å². The second-order valence-corrected chi connectivity index (χ2v) is 4.64. The zero-order valence-electron chi connectivity index (χ0n) is 11.3. The van der Waals surface area contributed by atoms with Gasteiger partial charge in [0.2, 0.25) is 0 Å². The minimum Gasteiger partial charge on any atom is -0.458 e. The highest BCUT2D eigenvalue weighted by Gasteiger charge is 2.19. The van der Waals surface area contributed by atoms with Gasteiger partial charge in [-0.15, -0.1) is 0 Å². The van der Waals surface area contributed by atoms with Crippen molar-refractivity contribution in [2.75, 3.05) is 0 Å². The van der Waals surface area contributed by atoms with Crippen molar-refractivity contribution in [1.29, 1.82) is 0 Å². The summed E-state index contributed by atoms with van der Waals surface area (Å²) in [4.78, 5) is 18.6. The van der Waals surface area contributed by atoms with Gasteiger partial charge in [-0.25, -0.2) is 18.6 Å². The fourth-order valence-corrected chi connectivity index (χ4v) is 1.74. The number of halogens is 2. The van der Waals surface area contributed by atoms with E-state index >= 15 is 0 Å². The first-order valence-corrected chi connectivity index (χ1v) is 6.11. The lowest BCUT2D eigenvalue weighted by Crippen LogP contribution is -2.13. The Hall–Kier alpha value is -2.24. The van der Waals surface area contributed by atoms with E-state index in [9.17, 15) is 13.6 Å². The Morgan fingerprint density at radius 1 is 1.35 bits per heavy atom. The van der Waals surface area contributed by atoms with E-state index in [1.54, 1.807) is 20.8 Å². The molecule has 1 aromatic carbocycles. The number of aromatic nitrogens is 2. The number of H-pyrrole nitrogens is 1. The van der Waals surface area contributed by atoms with Gasteiger partial charge in [0, 0.05) is 5.69 Å². The number of hydrogen-bond acceptors (Lipinski definition) is 3. The van der Waals surface area contributed by atoms with Crippen LogP contribution >= 0.6 is 0 Å². The number of imidazole rings is 1. The Labute approximate surface area is 114 Å². The molecule has 1 aromatic heterocycles. The van der Waals surface area contributed by atoms with Gasteiger partial charge in [0.15, 0.2) is 5.69 Å². The molecule has 106 valence electrons. The Morgan fingerprint density at radius 2 is 2.05 bits per heavy atom. The van der Waals surface area contributed by atoms with Crippen LogP contribution in [0.5, 0.6) is 0 Å². The lowest BCUT2D eigenvalue weighted by atomic mass is 10.2. The van der Waals surface area contributed by atoms with Crippen molar-refractivity contribution in [2.45, 2.75) is 26.9 Å². The van der Waals surface area contributed by atoms with E-state index in [4.69, 9.17) is 4.74 Å². The van der Waals surface area contributed by atoms with Crippen molar-refractivity contribution >= 4 is 5.97 Å². The van der Waals surface area contributed by atoms with Crippen molar-refractivity contribution in [3.8, 4) is 11.4 Å². The lowest BCUT2D eigenvalue weighted by Gasteiger charge is -2.05. The van der Waals surface area contributed by atoms with E-state index in [0.29, 0.717) is 5.69 Å². The zero-order valence-corrected chi connectivity index (χ0v) is 11.3. The third kappa shape index (κ3) is 2.84. The highest BCUT2D eigenvalue weighted by atomic mass is 19.1. The van der Waals surface area contributed by atoms with E-state index in [2.05, 4.69) is 9.97 Å². The molecule has 0 aliphatic heterocycles. The third-order valence-electron chi connectivity index (χ3n) is 2.60. The molecule has 2 aromatic rings. The van der Waals surface area contributed by atoms with Crippen LogP contribution < -0.4 is 0 Å². The van der Waals surface area contributed by atoms with E-state index in [1.807, 2.05) is 0 Å². The summed E-state index contributed by atoms with van der Waals surface area (Å²) >= 11 is 0. The van der Waals surface area contributed by atoms with Gasteiger partial charge in [0.25, 0.3) is 0 Å². The van der Waals surface area contributed by atoms with Crippen molar-refractivity contribution in [2.24, 2.45) is 0 Å². The summed E-state index contributed by atoms with van der Waals surface area (Å²) in [6, 6.07) is 3.04. The van der Waals surface area contributed by atoms with Crippen molar-refractivity contribution in [1.82, 2.24) is 9.97 Å². The molecular formula is C14H14F2N2O2. The number of aryl methyl sites for hydroxylation is 1. The lowest BCUT2D eigenvalue weighted by molar-refractivity contribution is 0.0370. The van der Waals surface area contributed by atoms with Crippen LogP contribution in [0.25, 0.3) is 11.4 Å². The number of benzene rings is 1. The Morgan fingerprint density at radius 3 is 2.70 bits per heavy atom.